The van der Waals surface area contributed by atoms with Gasteiger partial charge in [0.05, 0.1) is 27.6 Å². The molecule has 1 atom stereocenters. The molecular formula is C25H18N3O6S-. The predicted octanol–water partition coefficient (Wildman–Crippen LogP) is 5.15. The van der Waals surface area contributed by atoms with Crippen molar-refractivity contribution in [3.8, 4) is 16.9 Å². The topological polar surface area (TPSA) is 136 Å². The molecule has 176 valence electrons. The summed E-state index contributed by atoms with van der Waals surface area (Å²) in [4.78, 5) is 23.0. The maximum Gasteiger partial charge on any atom is 0.269 e. The minimum Gasteiger partial charge on any atom is -0.755 e. The van der Waals surface area contributed by atoms with Gasteiger partial charge in [-0.15, -0.1) is 0 Å². The third kappa shape index (κ3) is 5.35. The van der Waals surface area contributed by atoms with Gasteiger partial charge in [-0.2, -0.15) is 0 Å². The molecule has 4 aromatic rings. The van der Waals surface area contributed by atoms with Gasteiger partial charge in [0.2, 0.25) is 0 Å². The largest absolute Gasteiger partial charge is 0.755 e. The molecule has 0 heterocycles. The Morgan fingerprint density at radius 2 is 1.51 bits per heavy atom. The molecule has 0 aliphatic heterocycles. The molecule has 10 heteroatoms. The van der Waals surface area contributed by atoms with E-state index in [1.165, 1.54) is 30.3 Å². The van der Waals surface area contributed by atoms with Gasteiger partial charge in [-0.25, -0.2) is 0 Å². The summed E-state index contributed by atoms with van der Waals surface area (Å²) < 4.78 is 24.7. The Labute approximate surface area is 202 Å². The van der Waals surface area contributed by atoms with E-state index < -0.39 is 22.1 Å². The summed E-state index contributed by atoms with van der Waals surface area (Å²) in [6.07, 6.45) is 0. The van der Waals surface area contributed by atoms with Crippen LogP contribution in [-0.4, -0.2) is 24.7 Å². The number of amides is 1. The second-order valence-electron chi connectivity index (χ2n) is 7.39. The lowest BCUT2D eigenvalue weighted by Gasteiger charge is -2.27. The molecule has 0 spiro atoms. The number of hydrogen-bond donors (Lipinski definition) is 2. The van der Waals surface area contributed by atoms with E-state index >= 15 is 0 Å². The van der Waals surface area contributed by atoms with Crippen LogP contribution in [0.5, 0.6) is 5.75 Å². The lowest BCUT2D eigenvalue weighted by atomic mass is 10.0. The van der Waals surface area contributed by atoms with E-state index in [1.807, 2.05) is 42.5 Å². The Kier molecular flexibility index (Phi) is 6.86. The summed E-state index contributed by atoms with van der Waals surface area (Å²) in [5, 5.41) is 23.9. The number of carbonyl (C=O) groups is 1. The Morgan fingerprint density at radius 1 is 0.886 bits per heavy atom. The van der Waals surface area contributed by atoms with E-state index in [-0.39, 0.29) is 28.5 Å². The molecule has 0 saturated carbocycles. The smallest absolute Gasteiger partial charge is 0.269 e. The van der Waals surface area contributed by atoms with Crippen molar-refractivity contribution < 1.29 is 23.6 Å². The van der Waals surface area contributed by atoms with Crippen LogP contribution >= 0.6 is 0 Å². The molecule has 1 unspecified atom stereocenters. The fraction of sp³-hybridized carbons (Fsp3) is 0. The van der Waals surface area contributed by atoms with Crippen LogP contribution in [0.4, 0.5) is 22.7 Å². The first kappa shape index (κ1) is 23.6. The molecule has 4 aromatic carbocycles. The fourth-order valence-electron chi connectivity index (χ4n) is 3.43. The molecule has 0 aliphatic carbocycles. The number of carbonyl (C=O) groups excluding carboxylic acids is 1. The highest BCUT2D eigenvalue weighted by Gasteiger charge is 2.18. The van der Waals surface area contributed by atoms with Gasteiger partial charge in [-0.3, -0.25) is 23.4 Å². The van der Waals surface area contributed by atoms with Crippen LogP contribution < -0.4 is 9.62 Å². The number of nitrogens with zero attached hydrogens (tertiary/aromatic N) is 2. The summed E-state index contributed by atoms with van der Waals surface area (Å²) in [5.74, 6) is -0.788. The van der Waals surface area contributed by atoms with Crippen LogP contribution in [0.15, 0.2) is 97.1 Å². The minimum atomic E-state index is -2.87. The Hall–Kier alpha value is -4.54. The second-order valence-corrected chi connectivity index (χ2v) is 8.19. The van der Waals surface area contributed by atoms with Crippen molar-refractivity contribution in [2.24, 2.45) is 0 Å². The highest BCUT2D eigenvalue weighted by atomic mass is 32.2. The van der Waals surface area contributed by atoms with Gasteiger partial charge in [0.1, 0.15) is 5.75 Å². The van der Waals surface area contributed by atoms with Gasteiger partial charge in [0, 0.05) is 23.4 Å². The SMILES string of the molecule is O=C(Nc1ccc(O)c(N(c2ccc([N+](=O)[O-])cc2)S(=O)[O-])c1)c1ccc(-c2ccccc2)cc1. The van der Waals surface area contributed by atoms with Crippen molar-refractivity contribution in [2.45, 2.75) is 0 Å². The Bertz CT molecular complexity index is 1390. The number of nitro groups is 1. The highest BCUT2D eigenvalue weighted by Crippen LogP contribution is 2.37. The summed E-state index contributed by atoms with van der Waals surface area (Å²) in [6.45, 7) is 0. The van der Waals surface area contributed by atoms with Crippen molar-refractivity contribution in [1.29, 1.82) is 0 Å². The molecule has 9 nitrogen and oxygen atoms in total. The number of hydrogen-bond acceptors (Lipinski definition) is 6. The number of phenolic OH excluding ortho intramolecular Hbond substituents is 1. The number of rotatable bonds is 7. The van der Waals surface area contributed by atoms with E-state index in [0.717, 1.165) is 27.6 Å². The van der Waals surface area contributed by atoms with Crippen LogP contribution in [0.3, 0.4) is 0 Å². The predicted molar refractivity (Wildman–Crippen MR) is 132 cm³/mol. The maximum atomic E-state index is 12.8. The normalized spacial score (nSPS) is 11.5. The van der Waals surface area contributed by atoms with Gasteiger partial charge in [0.25, 0.3) is 11.6 Å². The van der Waals surface area contributed by atoms with E-state index in [0.29, 0.717) is 5.56 Å². The van der Waals surface area contributed by atoms with Crippen molar-refractivity contribution in [3.05, 3.63) is 113 Å². The molecule has 0 aromatic heterocycles. The zero-order chi connectivity index (χ0) is 24.9. The number of non-ortho nitro benzene ring substituents is 1. The fourth-order valence-corrected chi connectivity index (χ4v) is 4.03. The number of aromatic hydroxyl groups is 1. The van der Waals surface area contributed by atoms with Crippen LogP contribution in [0.2, 0.25) is 0 Å². The third-order valence-electron chi connectivity index (χ3n) is 5.15. The molecule has 4 rings (SSSR count). The second kappa shape index (κ2) is 10.2. The maximum absolute atomic E-state index is 12.8. The molecular weight excluding hydrogens is 470 g/mol. The van der Waals surface area contributed by atoms with Crippen molar-refractivity contribution in [2.75, 3.05) is 9.62 Å². The van der Waals surface area contributed by atoms with Crippen molar-refractivity contribution in [1.82, 2.24) is 0 Å². The standard InChI is InChI=1S/C25H19N3O6S/c29-24-15-10-20(16-23(24)27(35(33)34)21-11-13-22(14-12-21)28(31)32)26-25(30)19-8-6-18(7-9-19)17-4-2-1-3-5-17/h1-16,29H,(H,26,30)(H,33,34)/p-1. The first-order valence-electron chi connectivity index (χ1n) is 10.3. The van der Waals surface area contributed by atoms with Crippen molar-refractivity contribution >= 4 is 39.9 Å². The first-order chi connectivity index (χ1) is 16.8. The molecule has 0 radical (unpaired) electrons. The molecule has 0 bridgehead atoms. The molecule has 0 fully saturated rings. The van der Waals surface area contributed by atoms with Crippen LogP contribution in [0.1, 0.15) is 10.4 Å². The van der Waals surface area contributed by atoms with Gasteiger partial charge in [0.15, 0.2) is 0 Å². The average Bonchev–Trinajstić information content (AvgIpc) is 2.87. The summed E-state index contributed by atoms with van der Waals surface area (Å²) in [6, 6.07) is 25.4. The Morgan fingerprint density at radius 3 is 2.11 bits per heavy atom. The molecule has 35 heavy (non-hydrogen) atoms. The van der Waals surface area contributed by atoms with Gasteiger partial charge >= 0.3 is 0 Å². The van der Waals surface area contributed by atoms with Crippen LogP contribution in [-0.2, 0) is 11.3 Å². The number of anilines is 3. The third-order valence-corrected chi connectivity index (χ3v) is 5.86. The minimum absolute atomic E-state index is 0.0687. The van der Waals surface area contributed by atoms with E-state index in [2.05, 4.69) is 5.32 Å². The van der Waals surface area contributed by atoms with E-state index in [1.54, 1.807) is 12.1 Å². The van der Waals surface area contributed by atoms with Gasteiger partial charge < -0.3 is 15.0 Å². The Balaban J connectivity index is 1.58. The van der Waals surface area contributed by atoms with Crippen LogP contribution in [0, 0.1) is 10.1 Å². The van der Waals surface area contributed by atoms with Gasteiger partial charge in [-0.1, -0.05) is 42.5 Å². The van der Waals surface area contributed by atoms with Gasteiger partial charge in [-0.05, 0) is 53.6 Å². The number of benzene rings is 4. The average molecular weight is 489 g/mol. The molecule has 1 amide bonds. The first-order valence-corrected chi connectivity index (χ1v) is 11.3. The number of nitrogens with one attached hydrogen (secondary N) is 1. The number of nitro benzene ring substituents is 1. The molecule has 0 saturated heterocycles. The zero-order valence-electron chi connectivity index (χ0n) is 18.0. The van der Waals surface area contributed by atoms with Crippen molar-refractivity contribution in [3.63, 3.8) is 0 Å². The molecule has 0 aliphatic rings. The summed E-state index contributed by atoms with van der Waals surface area (Å²) in [5.41, 5.74) is 2.31. The lowest BCUT2D eigenvalue weighted by Crippen LogP contribution is -2.20. The quantitative estimate of drug-likeness (QED) is 0.160. The monoisotopic (exact) mass is 488 g/mol. The number of phenols is 1. The summed E-state index contributed by atoms with van der Waals surface area (Å²) >= 11 is -2.87. The highest BCUT2D eigenvalue weighted by molar-refractivity contribution is 7.81. The van der Waals surface area contributed by atoms with E-state index in [9.17, 15) is 28.8 Å². The molecule has 2 N–H and O–H groups in total. The lowest BCUT2D eigenvalue weighted by molar-refractivity contribution is -0.384. The van der Waals surface area contributed by atoms with E-state index in [4.69, 9.17) is 0 Å². The summed E-state index contributed by atoms with van der Waals surface area (Å²) in [7, 11) is 0. The van der Waals surface area contributed by atoms with Crippen LogP contribution in [0.25, 0.3) is 11.1 Å². The zero-order valence-corrected chi connectivity index (χ0v) is 18.8.